The Morgan fingerprint density at radius 2 is 1.76 bits per heavy atom. The second kappa shape index (κ2) is 3.30. The largest absolute Gasteiger partial charge is 0.306 e. The Kier molecular flexibility index (Phi) is 2.08. The average Bonchev–Trinajstić information content (AvgIpc) is 3.07. The Balaban J connectivity index is 1.89. The summed E-state index contributed by atoms with van der Waals surface area (Å²) in [7, 11) is 1.99. The molecule has 5 heteroatoms. The summed E-state index contributed by atoms with van der Waals surface area (Å²) in [5.41, 5.74) is -0.867. The van der Waals surface area contributed by atoms with Gasteiger partial charge in [0.1, 0.15) is 5.54 Å². The van der Waals surface area contributed by atoms with E-state index in [2.05, 4.69) is 11.0 Å². The summed E-state index contributed by atoms with van der Waals surface area (Å²) in [5, 5.41) is 9.41. The number of nitriles is 1. The first-order valence-electron chi connectivity index (χ1n) is 6.07. The average molecular weight is 233 g/mol. The van der Waals surface area contributed by atoms with Crippen molar-refractivity contribution in [1.82, 2.24) is 9.80 Å². The van der Waals surface area contributed by atoms with Crippen molar-refractivity contribution in [2.45, 2.75) is 24.8 Å². The molecule has 2 unspecified atom stereocenters. The zero-order chi connectivity index (χ0) is 12.2. The van der Waals surface area contributed by atoms with E-state index in [1.54, 1.807) is 0 Å². The van der Waals surface area contributed by atoms with E-state index in [1.165, 1.54) is 4.90 Å². The number of imide groups is 1. The van der Waals surface area contributed by atoms with E-state index >= 15 is 0 Å². The van der Waals surface area contributed by atoms with E-state index in [9.17, 15) is 14.9 Å². The van der Waals surface area contributed by atoms with Crippen molar-refractivity contribution >= 4 is 11.8 Å². The summed E-state index contributed by atoms with van der Waals surface area (Å²) in [4.78, 5) is 27.5. The van der Waals surface area contributed by atoms with Gasteiger partial charge < -0.3 is 4.90 Å². The maximum absolute atomic E-state index is 12.0. The van der Waals surface area contributed by atoms with Crippen LogP contribution in [-0.4, -0.2) is 47.3 Å². The first-order chi connectivity index (χ1) is 8.09. The lowest BCUT2D eigenvalue weighted by Crippen LogP contribution is -2.57. The molecule has 3 aliphatic rings. The second-order valence-corrected chi connectivity index (χ2v) is 5.41. The number of fused-ring (bicyclic) bond motifs is 1. The third-order valence-electron chi connectivity index (χ3n) is 4.32. The van der Waals surface area contributed by atoms with Crippen LogP contribution in [0.4, 0.5) is 0 Å². The lowest BCUT2D eigenvalue weighted by molar-refractivity contribution is -0.148. The van der Waals surface area contributed by atoms with Gasteiger partial charge in [-0.15, -0.1) is 0 Å². The molecule has 0 radical (unpaired) electrons. The first kappa shape index (κ1) is 10.7. The van der Waals surface area contributed by atoms with Crippen molar-refractivity contribution in [2.75, 3.05) is 20.1 Å². The van der Waals surface area contributed by atoms with Gasteiger partial charge in [0.05, 0.1) is 17.9 Å². The fourth-order valence-electron chi connectivity index (χ4n) is 2.98. The van der Waals surface area contributed by atoms with E-state index < -0.39 is 5.54 Å². The van der Waals surface area contributed by atoms with Crippen molar-refractivity contribution in [3.05, 3.63) is 0 Å². The van der Waals surface area contributed by atoms with Crippen molar-refractivity contribution in [2.24, 2.45) is 11.8 Å². The number of carbonyl (C=O) groups excluding carboxylic acids is 2. The fraction of sp³-hybridized carbons (Fsp3) is 0.750. The highest BCUT2D eigenvalue weighted by Crippen LogP contribution is 2.50. The third kappa shape index (κ3) is 1.34. The molecule has 90 valence electrons. The zero-order valence-corrected chi connectivity index (χ0v) is 9.85. The standard InChI is InChI=1S/C12H15N3O2/c1-14-4-2-12(7-13,3-5-14)15-10(16)8-6-9(8)11(15)17/h8-9H,2-6H2,1H3. The SMILES string of the molecule is CN1CCC(C#N)(N2C(=O)C3CC3C2=O)CC1. The number of hydrogen-bond acceptors (Lipinski definition) is 4. The fourth-order valence-corrected chi connectivity index (χ4v) is 2.98. The van der Waals surface area contributed by atoms with Crippen LogP contribution in [0, 0.1) is 23.2 Å². The molecule has 2 aliphatic heterocycles. The van der Waals surface area contributed by atoms with E-state index in [4.69, 9.17) is 0 Å². The number of likely N-dealkylation sites (tertiary alicyclic amines) is 2. The molecule has 3 rings (SSSR count). The normalized spacial score (nSPS) is 35.6. The highest BCUT2D eigenvalue weighted by atomic mass is 16.2. The summed E-state index contributed by atoms with van der Waals surface area (Å²) in [5.74, 6) is -0.419. The van der Waals surface area contributed by atoms with Gasteiger partial charge in [-0.3, -0.25) is 14.5 Å². The second-order valence-electron chi connectivity index (χ2n) is 5.41. The van der Waals surface area contributed by atoms with Gasteiger partial charge in [0.15, 0.2) is 0 Å². The molecule has 5 nitrogen and oxygen atoms in total. The van der Waals surface area contributed by atoms with E-state index in [1.807, 2.05) is 7.05 Å². The lowest BCUT2D eigenvalue weighted by Gasteiger charge is -2.41. The molecule has 0 aromatic rings. The number of carbonyl (C=O) groups is 2. The quantitative estimate of drug-likeness (QED) is 0.597. The number of amides is 2. The topological polar surface area (TPSA) is 64.4 Å². The molecule has 0 aromatic heterocycles. The molecule has 0 spiro atoms. The molecule has 17 heavy (non-hydrogen) atoms. The third-order valence-corrected chi connectivity index (χ3v) is 4.32. The molecule has 2 amide bonds. The van der Waals surface area contributed by atoms with Crippen LogP contribution < -0.4 is 0 Å². The predicted octanol–water partition coefficient (Wildman–Crippen LogP) is -0.0207. The van der Waals surface area contributed by atoms with E-state index in [0.717, 1.165) is 13.1 Å². The highest BCUT2D eigenvalue weighted by molar-refractivity contribution is 6.09. The Morgan fingerprint density at radius 1 is 1.24 bits per heavy atom. The number of rotatable bonds is 1. The molecule has 1 saturated carbocycles. The van der Waals surface area contributed by atoms with Crippen molar-refractivity contribution in [3.63, 3.8) is 0 Å². The lowest BCUT2D eigenvalue weighted by atomic mass is 9.87. The van der Waals surface area contributed by atoms with E-state index in [0.29, 0.717) is 19.3 Å². The zero-order valence-electron chi connectivity index (χ0n) is 9.85. The first-order valence-corrected chi connectivity index (χ1v) is 6.07. The van der Waals surface area contributed by atoms with Crippen molar-refractivity contribution in [3.8, 4) is 6.07 Å². The Morgan fingerprint density at radius 3 is 2.24 bits per heavy atom. The van der Waals surface area contributed by atoms with Crippen LogP contribution in [0.1, 0.15) is 19.3 Å². The van der Waals surface area contributed by atoms with Crippen molar-refractivity contribution in [1.29, 1.82) is 5.26 Å². The monoisotopic (exact) mass is 233 g/mol. The molecule has 0 bridgehead atoms. The Hall–Kier alpha value is -1.41. The Labute approximate surface area is 100.0 Å². The molecular weight excluding hydrogens is 218 g/mol. The van der Waals surface area contributed by atoms with Crippen LogP contribution >= 0.6 is 0 Å². The van der Waals surface area contributed by atoms with E-state index in [-0.39, 0.29) is 23.7 Å². The molecule has 2 heterocycles. The minimum absolute atomic E-state index is 0.104. The van der Waals surface area contributed by atoms with Crippen LogP contribution in [0.3, 0.4) is 0 Å². The molecule has 2 atom stereocenters. The maximum Gasteiger partial charge on any atom is 0.234 e. The van der Waals surface area contributed by atoms with Gasteiger partial charge >= 0.3 is 0 Å². The molecule has 0 N–H and O–H groups in total. The van der Waals surface area contributed by atoms with Gasteiger partial charge in [0.2, 0.25) is 11.8 Å². The van der Waals surface area contributed by atoms with Gasteiger partial charge in [0.25, 0.3) is 0 Å². The van der Waals surface area contributed by atoms with Crippen LogP contribution in [-0.2, 0) is 9.59 Å². The van der Waals surface area contributed by atoms with Crippen molar-refractivity contribution < 1.29 is 9.59 Å². The summed E-state index contributed by atoms with van der Waals surface area (Å²) in [6.45, 7) is 1.53. The number of hydrogen-bond donors (Lipinski definition) is 0. The van der Waals surface area contributed by atoms with Crippen LogP contribution in [0.2, 0.25) is 0 Å². The van der Waals surface area contributed by atoms with Crippen LogP contribution in [0.5, 0.6) is 0 Å². The predicted molar refractivity (Wildman–Crippen MR) is 58.5 cm³/mol. The number of piperidine rings is 2. The smallest absolute Gasteiger partial charge is 0.234 e. The summed E-state index contributed by atoms with van der Waals surface area (Å²) < 4.78 is 0. The van der Waals surface area contributed by atoms with Crippen LogP contribution in [0.25, 0.3) is 0 Å². The molecule has 2 saturated heterocycles. The minimum Gasteiger partial charge on any atom is -0.306 e. The number of nitrogens with zero attached hydrogens (tertiary/aromatic N) is 3. The maximum atomic E-state index is 12.0. The summed E-state index contributed by atoms with van der Waals surface area (Å²) in [6, 6.07) is 2.24. The van der Waals surface area contributed by atoms with Gasteiger partial charge in [-0.05, 0) is 26.3 Å². The summed E-state index contributed by atoms with van der Waals surface area (Å²) in [6.07, 6.45) is 1.86. The Bertz CT molecular complexity index is 412. The molecular formula is C12H15N3O2. The molecule has 0 aromatic carbocycles. The highest BCUT2D eigenvalue weighted by Gasteiger charge is 2.63. The minimum atomic E-state index is -0.867. The van der Waals surface area contributed by atoms with Gasteiger partial charge in [0, 0.05) is 13.1 Å². The molecule has 3 fully saturated rings. The molecule has 1 aliphatic carbocycles. The van der Waals surface area contributed by atoms with Gasteiger partial charge in [-0.2, -0.15) is 5.26 Å². The summed E-state index contributed by atoms with van der Waals surface area (Å²) >= 11 is 0. The van der Waals surface area contributed by atoms with Crippen LogP contribution in [0.15, 0.2) is 0 Å². The van der Waals surface area contributed by atoms with Gasteiger partial charge in [-0.25, -0.2) is 0 Å². The van der Waals surface area contributed by atoms with Gasteiger partial charge in [-0.1, -0.05) is 0 Å².